The van der Waals surface area contributed by atoms with E-state index in [0.29, 0.717) is 11.9 Å². The van der Waals surface area contributed by atoms with Gasteiger partial charge in [-0.1, -0.05) is 33.8 Å². The van der Waals surface area contributed by atoms with Gasteiger partial charge in [-0.3, -0.25) is 4.99 Å². The summed E-state index contributed by atoms with van der Waals surface area (Å²) in [6.45, 7) is 12.6. The Bertz CT molecular complexity index is 418. The van der Waals surface area contributed by atoms with Crippen molar-refractivity contribution in [2.45, 2.75) is 47.0 Å². The van der Waals surface area contributed by atoms with Crippen LogP contribution >= 0.6 is 0 Å². The van der Waals surface area contributed by atoms with Crippen LogP contribution in [0.15, 0.2) is 33.7 Å². The summed E-state index contributed by atoms with van der Waals surface area (Å²) in [5.74, 6) is 1.81. The van der Waals surface area contributed by atoms with Gasteiger partial charge in [0.1, 0.15) is 5.70 Å². The first kappa shape index (κ1) is 15.5. The Balaban J connectivity index is 2.57. The lowest BCUT2D eigenvalue weighted by Gasteiger charge is -2.16. The maximum Gasteiger partial charge on any atom is 0.198 e. The van der Waals surface area contributed by atoms with E-state index in [4.69, 9.17) is 5.73 Å². The van der Waals surface area contributed by atoms with Crippen molar-refractivity contribution in [2.24, 2.45) is 27.6 Å². The number of guanidine groups is 1. The first-order chi connectivity index (χ1) is 8.93. The minimum Gasteiger partial charge on any atom is -0.369 e. The van der Waals surface area contributed by atoms with Crippen LogP contribution in [0.1, 0.15) is 47.0 Å². The Kier molecular flexibility index (Phi) is 5.80. The summed E-state index contributed by atoms with van der Waals surface area (Å²) in [7, 11) is 0. The zero-order chi connectivity index (χ0) is 14.4. The first-order valence-corrected chi connectivity index (χ1v) is 6.97. The van der Waals surface area contributed by atoms with Gasteiger partial charge in [0.2, 0.25) is 0 Å². The van der Waals surface area contributed by atoms with Crippen molar-refractivity contribution in [3.8, 4) is 0 Å². The van der Waals surface area contributed by atoms with Crippen LogP contribution in [0.2, 0.25) is 0 Å². The highest BCUT2D eigenvalue weighted by Gasteiger charge is 2.12. The number of nitrogens with one attached hydrogen (secondary N) is 1. The average molecular weight is 262 g/mol. The fraction of sp³-hybridized carbons (Fsp3) is 0.600. The third-order valence-electron chi connectivity index (χ3n) is 3.43. The summed E-state index contributed by atoms with van der Waals surface area (Å²) in [6, 6.07) is 0. The van der Waals surface area contributed by atoms with Gasteiger partial charge in [0.15, 0.2) is 5.96 Å². The highest BCUT2D eigenvalue weighted by molar-refractivity contribution is 5.83. The van der Waals surface area contributed by atoms with Gasteiger partial charge in [0.25, 0.3) is 0 Å². The molecule has 106 valence electrons. The molecule has 2 atom stereocenters. The highest BCUT2D eigenvalue weighted by Crippen LogP contribution is 2.19. The summed E-state index contributed by atoms with van der Waals surface area (Å²) >= 11 is 0. The zero-order valence-electron chi connectivity index (χ0n) is 12.5. The SMILES string of the molecule is C=C1NC(N)=NC(C)=C1/N=C\CC(C)CC(C)CC. The van der Waals surface area contributed by atoms with Crippen LogP contribution in [0.5, 0.6) is 0 Å². The lowest BCUT2D eigenvalue weighted by atomic mass is 9.93. The van der Waals surface area contributed by atoms with Crippen LogP contribution in [0.25, 0.3) is 0 Å². The molecule has 0 aliphatic carbocycles. The molecule has 1 heterocycles. The van der Waals surface area contributed by atoms with Gasteiger partial charge < -0.3 is 11.1 Å². The summed E-state index contributed by atoms with van der Waals surface area (Å²) < 4.78 is 0. The molecule has 0 saturated carbocycles. The molecule has 0 spiro atoms. The van der Waals surface area contributed by atoms with E-state index >= 15 is 0 Å². The maximum atomic E-state index is 5.62. The lowest BCUT2D eigenvalue weighted by Crippen LogP contribution is -2.33. The van der Waals surface area contributed by atoms with Crippen LogP contribution in [0, 0.1) is 11.8 Å². The zero-order valence-corrected chi connectivity index (χ0v) is 12.5. The fourth-order valence-electron chi connectivity index (χ4n) is 2.14. The Morgan fingerprint density at radius 3 is 2.68 bits per heavy atom. The molecule has 0 radical (unpaired) electrons. The molecule has 1 aliphatic heterocycles. The van der Waals surface area contributed by atoms with Gasteiger partial charge in [-0.25, -0.2) is 4.99 Å². The van der Waals surface area contributed by atoms with Crippen molar-refractivity contribution in [3.05, 3.63) is 23.7 Å². The van der Waals surface area contributed by atoms with Crippen LogP contribution in [0.4, 0.5) is 0 Å². The van der Waals surface area contributed by atoms with E-state index < -0.39 is 0 Å². The normalized spacial score (nSPS) is 19.4. The Morgan fingerprint density at radius 2 is 2.11 bits per heavy atom. The maximum absolute atomic E-state index is 5.62. The van der Waals surface area contributed by atoms with E-state index in [9.17, 15) is 0 Å². The van der Waals surface area contributed by atoms with Crippen LogP contribution in [-0.4, -0.2) is 12.2 Å². The van der Waals surface area contributed by atoms with Gasteiger partial charge >= 0.3 is 0 Å². The second-order valence-corrected chi connectivity index (χ2v) is 5.44. The molecular formula is C15H26N4. The predicted octanol–water partition coefficient (Wildman–Crippen LogP) is 3.18. The average Bonchev–Trinajstić information content (AvgIpc) is 2.32. The van der Waals surface area contributed by atoms with Crippen molar-refractivity contribution in [3.63, 3.8) is 0 Å². The topological polar surface area (TPSA) is 62.8 Å². The van der Waals surface area contributed by atoms with Crippen molar-refractivity contribution < 1.29 is 0 Å². The summed E-state index contributed by atoms with van der Waals surface area (Å²) in [5, 5.41) is 2.90. The van der Waals surface area contributed by atoms with Gasteiger partial charge in [-0.15, -0.1) is 0 Å². The smallest absolute Gasteiger partial charge is 0.198 e. The number of hydrogen-bond acceptors (Lipinski definition) is 4. The number of hydrogen-bond donors (Lipinski definition) is 2. The second-order valence-electron chi connectivity index (χ2n) is 5.44. The number of nitrogens with zero attached hydrogens (tertiary/aromatic N) is 2. The van der Waals surface area contributed by atoms with Gasteiger partial charge in [0, 0.05) is 6.21 Å². The van der Waals surface area contributed by atoms with E-state index in [0.717, 1.165) is 29.4 Å². The molecule has 0 aromatic heterocycles. The summed E-state index contributed by atoms with van der Waals surface area (Å²) in [4.78, 5) is 8.64. The minimum atomic E-state index is 0.381. The van der Waals surface area contributed by atoms with Crippen LogP contribution < -0.4 is 11.1 Å². The quantitative estimate of drug-likeness (QED) is 0.722. The van der Waals surface area contributed by atoms with E-state index in [2.05, 4.69) is 42.7 Å². The molecule has 2 unspecified atom stereocenters. The van der Waals surface area contributed by atoms with Crippen LogP contribution in [-0.2, 0) is 0 Å². The molecule has 4 nitrogen and oxygen atoms in total. The number of aliphatic imine (C=N–C) groups is 2. The van der Waals surface area contributed by atoms with Crippen molar-refractivity contribution >= 4 is 12.2 Å². The fourth-order valence-corrected chi connectivity index (χ4v) is 2.14. The number of allylic oxidation sites excluding steroid dienone is 1. The van der Waals surface area contributed by atoms with E-state index in [1.165, 1.54) is 12.8 Å². The molecule has 0 aromatic rings. The first-order valence-electron chi connectivity index (χ1n) is 6.97. The molecule has 0 bridgehead atoms. The molecule has 1 aliphatic rings. The van der Waals surface area contributed by atoms with Crippen molar-refractivity contribution in [1.82, 2.24) is 5.32 Å². The van der Waals surface area contributed by atoms with Crippen LogP contribution in [0.3, 0.4) is 0 Å². The molecule has 0 fully saturated rings. The Morgan fingerprint density at radius 1 is 1.42 bits per heavy atom. The third-order valence-corrected chi connectivity index (χ3v) is 3.43. The molecule has 0 aromatic carbocycles. The lowest BCUT2D eigenvalue weighted by molar-refractivity contribution is 0.416. The molecular weight excluding hydrogens is 236 g/mol. The monoisotopic (exact) mass is 262 g/mol. The van der Waals surface area contributed by atoms with Gasteiger partial charge in [0.05, 0.1) is 11.4 Å². The van der Waals surface area contributed by atoms with E-state index in [-0.39, 0.29) is 0 Å². The van der Waals surface area contributed by atoms with E-state index in [1.807, 2.05) is 13.1 Å². The van der Waals surface area contributed by atoms with E-state index in [1.54, 1.807) is 0 Å². The third kappa shape index (κ3) is 4.89. The summed E-state index contributed by atoms with van der Waals surface area (Å²) in [6.07, 6.45) is 5.43. The predicted molar refractivity (Wildman–Crippen MR) is 82.9 cm³/mol. The van der Waals surface area contributed by atoms with Crippen molar-refractivity contribution in [2.75, 3.05) is 0 Å². The largest absolute Gasteiger partial charge is 0.369 e. The molecule has 19 heavy (non-hydrogen) atoms. The Hall–Kier alpha value is -1.58. The number of rotatable bonds is 6. The standard InChI is InChI=1S/C15H26N4/c1-6-10(2)9-11(3)7-8-17-14-12(4)18-15(16)19-13(14)5/h8,10-11H,4,6-7,9H2,1-3,5H3,(H3,16,18,19)/b17-8-. The molecule has 0 amide bonds. The molecule has 3 N–H and O–H groups in total. The highest BCUT2D eigenvalue weighted by atomic mass is 15.1. The molecule has 4 heteroatoms. The molecule has 0 saturated heterocycles. The van der Waals surface area contributed by atoms with Gasteiger partial charge in [-0.2, -0.15) is 0 Å². The molecule has 1 rings (SSSR count). The second kappa shape index (κ2) is 7.12. The summed E-state index contributed by atoms with van der Waals surface area (Å²) in [5.41, 5.74) is 7.94. The van der Waals surface area contributed by atoms with Crippen molar-refractivity contribution in [1.29, 1.82) is 0 Å². The minimum absolute atomic E-state index is 0.381. The Labute approximate surface area is 116 Å². The van der Waals surface area contributed by atoms with Gasteiger partial charge in [-0.05, 0) is 31.6 Å². The number of nitrogens with two attached hydrogens (primary N) is 1.